The summed E-state index contributed by atoms with van der Waals surface area (Å²) in [5.41, 5.74) is 3.57. The lowest BCUT2D eigenvalue weighted by Gasteiger charge is -2.28. The molecule has 1 N–H and O–H groups in total. The minimum Gasteiger partial charge on any atom is -0.493 e. The predicted octanol–water partition coefficient (Wildman–Crippen LogP) is 4.83. The van der Waals surface area contributed by atoms with Crippen LogP contribution in [0, 0.1) is 0 Å². The average molecular weight is 423 g/mol. The van der Waals surface area contributed by atoms with Gasteiger partial charge in [-0.05, 0) is 66.8 Å². The van der Waals surface area contributed by atoms with Gasteiger partial charge in [-0.15, -0.1) is 0 Å². The summed E-state index contributed by atoms with van der Waals surface area (Å²) in [5, 5.41) is 2.90. The van der Waals surface area contributed by atoms with Crippen molar-refractivity contribution in [3.63, 3.8) is 0 Å². The lowest BCUT2D eigenvalue weighted by Crippen LogP contribution is -2.33. The number of benzene rings is 2. The van der Waals surface area contributed by atoms with E-state index in [0.29, 0.717) is 18.1 Å². The fourth-order valence-electron chi connectivity index (χ4n) is 3.59. The number of carbonyl (C=O) groups is 2. The highest BCUT2D eigenvalue weighted by atomic mass is 16.5. The SMILES string of the molecule is CCCCOc1ccc(/C=C/C(=O)Nc2ccc3c(c2)CCCN3C(C)=O)cc1OC. The zero-order chi connectivity index (χ0) is 22.2. The average Bonchev–Trinajstić information content (AvgIpc) is 2.77. The first-order valence-corrected chi connectivity index (χ1v) is 10.7. The Hall–Kier alpha value is -3.28. The molecule has 31 heavy (non-hydrogen) atoms. The molecule has 6 nitrogen and oxygen atoms in total. The van der Waals surface area contributed by atoms with E-state index in [1.807, 2.05) is 36.4 Å². The van der Waals surface area contributed by atoms with Crippen molar-refractivity contribution in [3.05, 3.63) is 53.6 Å². The number of anilines is 2. The van der Waals surface area contributed by atoms with Gasteiger partial charge in [-0.3, -0.25) is 9.59 Å². The van der Waals surface area contributed by atoms with Crippen LogP contribution in [0.3, 0.4) is 0 Å². The fraction of sp³-hybridized carbons (Fsp3) is 0.360. The molecule has 1 heterocycles. The molecule has 0 bridgehead atoms. The minimum absolute atomic E-state index is 0.0397. The summed E-state index contributed by atoms with van der Waals surface area (Å²) in [6.45, 7) is 5.08. The van der Waals surface area contributed by atoms with E-state index in [9.17, 15) is 9.59 Å². The summed E-state index contributed by atoms with van der Waals surface area (Å²) in [6, 6.07) is 11.3. The maximum Gasteiger partial charge on any atom is 0.248 e. The van der Waals surface area contributed by atoms with Crippen LogP contribution in [-0.4, -0.2) is 32.1 Å². The molecule has 0 unspecified atom stereocenters. The van der Waals surface area contributed by atoms with Gasteiger partial charge in [-0.2, -0.15) is 0 Å². The van der Waals surface area contributed by atoms with Gasteiger partial charge >= 0.3 is 0 Å². The van der Waals surface area contributed by atoms with Gasteiger partial charge < -0.3 is 19.7 Å². The Morgan fingerprint density at radius 1 is 1.16 bits per heavy atom. The molecule has 2 aromatic rings. The van der Waals surface area contributed by atoms with Crippen molar-refractivity contribution in [2.24, 2.45) is 0 Å². The van der Waals surface area contributed by atoms with Crippen molar-refractivity contribution in [3.8, 4) is 11.5 Å². The molecule has 1 aliphatic rings. The van der Waals surface area contributed by atoms with Gasteiger partial charge in [0.05, 0.1) is 13.7 Å². The molecule has 2 amide bonds. The van der Waals surface area contributed by atoms with E-state index in [1.165, 1.54) is 6.08 Å². The van der Waals surface area contributed by atoms with Crippen LogP contribution in [0.2, 0.25) is 0 Å². The first kappa shape index (κ1) is 22.4. The van der Waals surface area contributed by atoms with Crippen LogP contribution in [0.5, 0.6) is 11.5 Å². The molecular formula is C25H30N2O4. The van der Waals surface area contributed by atoms with E-state index in [2.05, 4.69) is 12.2 Å². The number of hydrogen-bond donors (Lipinski definition) is 1. The second-order valence-corrected chi connectivity index (χ2v) is 7.55. The Morgan fingerprint density at radius 2 is 2.00 bits per heavy atom. The third-order valence-corrected chi connectivity index (χ3v) is 5.22. The first-order valence-electron chi connectivity index (χ1n) is 10.7. The zero-order valence-corrected chi connectivity index (χ0v) is 18.4. The minimum atomic E-state index is -0.221. The molecule has 1 aliphatic heterocycles. The number of carbonyl (C=O) groups excluding carboxylic acids is 2. The van der Waals surface area contributed by atoms with Gasteiger partial charge in [-0.25, -0.2) is 0 Å². The van der Waals surface area contributed by atoms with Crippen LogP contribution in [-0.2, 0) is 16.0 Å². The van der Waals surface area contributed by atoms with Crippen molar-refractivity contribution >= 4 is 29.3 Å². The summed E-state index contributed by atoms with van der Waals surface area (Å²) in [6.07, 6.45) is 7.10. The highest BCUT2D eigenvalue weighted by Gasteiger charge is 2.20. The van der Waals surface area contributed by atoms with Gasteiger partial charge in [0.15, 0.2) is 11.5 Å². The van der Waals surface area contributed by atoms with Crippen molar-refractivity contribution < 1.29 is 19.1 Å². The van der Waals surface area contributed by atoms with Gasteiger partial charge in [0.1, 0.15) is 0 Å². The summed E-state index contributed by atoms with van der Waals surface area (Å²) in [5.74, 6) is 1.16. The Labute approximate surface area is 183 Å². The number of ether oxygens (including phenoxy) is 2. The molecule has 0 radical (unpaired) electrons. The van der Waals surface area contributed by atoms with Crippen molar-refractivity contribution in [1.82, 2.24) is 0 Å². The molecule has 0 spiro atoms. The van der Waals surface area contributed by atoms with Crippen molar-refractivity contribution in [2.75, 3.05) is 30.5 Å². The molecule has 0 aromatic heterocycles. The number of amides is 2. The molecule has 0 saturated carbocycles. The molecule has 6 heteroatoms. The van der Waals surface area contributed by atoms with Crippen LogP contribution >= 0.6 is 0 Å². The Bertz CT molecular complexity index is 968. The van der Waals surface area contributed by atoms with Crippen LogP contribution < -0.4 is 19.7 Å². The Kier molecular flexibility index (Phi) is 7.70. The van der Waals surface area contributed by atoms with Crippen LogP contribution in [0.25, 0.3) is 6.08 Å². The van der Waals surface area contributed by atoms with Crippen molar-refractivity contribution in [2.45, 2.75) is 39.5 Å². The monoisotopic (exact) mass is 422 g/mol. The second kappa shape index (κ2) is 10.7. The summed E-state index contributed by atoms with van der Waals surface area (Å²) in [7, 11) is 1.60. The number of methoxy groups -OCH3 is 1. The summed E-state index contributed by atoms with van der Waals surface area (Å²) in [4.78, 5) is 26.0. The molecule has 3 rings (SSSR count). The molecular weight excluding hydrogens is 392 g/mol. The normalized spacial score (nSPS) is 13.1. The third-order valence-electron chi connectivity index (χ3n) is 5.22. The molecule has 2 aromatic carbocycles. The molecule has 164 valence electrons. The number of rotatable bonds is 8. The van der Waals surface area contributed by atoms with E-state index in [1.54, 1.807) is 25.0 Å². The van der Waals surface area contributed by atoms with Crippen LogP contribution in [0.15, 0.2) is 42.5 Å². The van der Waals surface area contributed by atoms with E-state index in [-0.39, 0.29) is 11.8 Å². The van der Waals surface area contributed by atoms with E-state index >= 15 is 0 Å². The maximum atomic E-state index is 12.4. The Morgan fingerprint density at radius 3 is 2.74 bits per heavy atom. The van der Waals surface area contributed by atoms with Crippen LogP contribution in [0.4, 0.5) is 11.4 Å². The number of hydrogen-bond acceptors (Lipinski definition) is 4. The predicted molar refractivity (Wildman–Crippen MR) is 124 cm³/mol. The maximum absolute atomic E-state index is 12.4. The van der Waals surface area contributed by atoms with E-state index in [4.69, 9.17) is 9.47 Å². The lowest BCUT2D eigenvalue weighted by atomic mass is 10.0. The number of fused-ring (bicyclic) bond motifs is 1. The second-order valence-electron chi connectivity index (χ2n) is 7.55. The third kappa shape index (κ3) is 5.87. The largest absolute Gasteiger partial charge is 0.493 e. The summed E-state index contributed by atoms with van der Waals surface area (Å²) >= 11 is 0. The first-order chi connectivity index (χ1) is 15.0. The van der Waals surface area contributed by atoms with Gasteiger partial charge in [-0.1, -0.05) is 19.4 Å². The molecule has 0 atom stereocenters. The molecule has 0 fully saturated rings. The highest BCUT2D eigenvalue weighted by Crippen LogP contribution is 2.30. The van der Waals surface area contributed by atoms with Gasteiger partial charge in [0.2, 0.25) is 11.8 Å². The van der Waals surface area contributed by atoms with Gasteiger partial charge in [0, 0.05) is 30.9 Å². The fourth-order valence-corrected chi connectivity index (χ4v) is 3.59. The van der Waals surface area contributed by atoms with Crippen molar-refractivity contribution in [1.29, 1.82) is 0 Å². The zero-order valence-electron chi connectivity index (χ0n) is 18.4. The topological polar surface area (TPSA) is 67.9 Å². The van der Waals surface area contributed by atoms with Crippen LogP contribution in [0.1, 0.15) is 44.2 Å². The lowest BCUT2D eigenvalue weighted by molar-refractivity contribution is -0.116. The highest BCUT2D eigenvalue weighted by molar-refractivity contribution is 6.02. The quantitative estimate of drug-likeness (QED) is 0.489. The number of nitrogens with one attached hydrogen (secondary N) is 1. The van der Waals surface area contributed by atoms with E-state index < -0.39 is 0 Å². The number of aryl methyl sites for hydroxylation is 1. The number of unbranched alkanes of at least 4 members (excludes halogenated alkanes) is 1. The standard InChI is InChI=1S/C25H30N2O4/c1-4-5-15-31-23-12-8-19(16-24(23)30-3)9-13-25(29)26-21-10-11-22-20(17-21)7-6-14-27(22)18(2)28/h8-13,16-17H,4-7,14-15H2,1-3H3,(H,26,29)/b13-9+. The number of nitrogens with zero attached hydrogens (tertiary/aromatic N) is 1. The van der Waals surface area contributed by atoms with Gasteiger partial charge in [0.25, 0.3) is 0 Å². The Balaban J connectivity index is 1.65. The summed E-state index contributed by atoms with van der Waals surface area (Å²) < 4.78 is 11.2. The molecule has 0 saturated heterocycles. The molecule has 0 aliphatic carbocycles. The van der Waals surface area contributed by atoms with E-state index in [0.717, 1.165) is 54.7 Å². The smallest absolute Gasteiger partial charge is 0.248 e.